The van der Waals surface area contributed by atoms with Crippen LogP contribution in [0.25, 0.3) is 11.3 Å². The van der Waals surface area contributed by atoms with Crippen LogP contribution in [0.2, 0.25) is 0 Å². The summed E-state index contributed by atoms with van der Waals surface area (Å²) in [5, 5.41) is 0. The van der Waals surface area contributed by atoms with Gasteiger partial charge in [0.05, 0.1) is 24.3 Å². The third kappa shape index (κ3) is 2.29. The molecular weight excluding hydrogens is 232 g/mol. The first-order valence-electron chi connectivity index (χ1n) is 6.48. The van der Waals surface area contributed by atoms with E-state index in [9.17, 15) is 0 Å². The molecule has 0 bridgehead atoms. The summed E-state index contributed by atoms with van der Waals surface area (Å²) in [6.45, 7) is 2.20. The summed E-state index contributed by atoms with van der Waals surface area (Å²) in [4.78, 5) is 4.31. The maximum atomic E-state index is 4.31. The van der Waals surface area contributed by atoms with Gasteiger partial charge in [-0.05, 0) is 18.1 Å². The van der Waals surface area contributed by atoms with Crippen LogP contribution in [0.15, 0.2) is 73.2 Å². The molecule has 0 N–H and O–H groups in total. The van der Waals surface area contributed by atoms with Crippen molar-refractivity contribution in [3.05, 3.63) is 78.8 Å². The molecule has 2 heteroatoms. The summed E-state index contributed by atoms with van der Waals surface area (Å²) in [5.41, 5.74) is 3.64. The van der Waals surface area contributed by atoms with E-state index in [4.69, 9.17) is 0 Å². The first-order chi connectivity index (χ1) is 9.36. The van der Waals surface area contributed by atoms with Crippen LogP contribution in [-0.2, 0) is 0 Å². The Labute approximate surface area is 113 Å². The fourth-order valence-electron chi connectivity index (χ4n) is 2.34. The Morgan fingerprint density at radius 2 is 1.53 bits per heavy atom. The largest absolute Gasteiger partial charge is 0.323 e. The monoisotopic (exact) mass is 248 g/mol. The Hall–Kier alpha value is -2.35. The molecule has 94 valence electrons. The normalized spacial score (nSPS) is 12.3. The molecule has 19 heavy (non-hydrogen) atoms. The Morgan fingerprint density at radius 1 is 0.895 bits per heavy atom. The number of hydrogen-bond acceptors (Lipinski definition) is 1. The molecule has 0 amide bonds. The molecule has 0 aliphatic heterocycles. The topological polar surface area (TPSA) is 17.8 Å². The fraction of sp³-hybridized carbons (Fsp3) is 0.118. The molecular formula is C17H16N2. The van der Waals surface area contributed by atoms with Gasteiger partial charge in [-0.1, -0.05) is 60.7 Å². The Kier molecular flexibility index (Phi) is 3.15. The highest BCUT2D eigenvalue weighted by Crippen LogP contribution is 2.25. The second-order valence-corrected chi connectivity index (χ2v) is 4.64. The van der Waals surface area contributed by atoms with Crippen molar-refractivity contribution in [3.8, 4) is 11.3 Å². The molecule has 2 nitrogen and oxygen atoms in total. The minimum atomic E-state index is 0.277. The molecule has 3 rings (SSSR count). The lowest BCUT2D eigenvalue weighted by Crippen LogP contribution is -2.06. The van der Waals surface area contributed by atoms with Crippen LogP contribution >= 0.6 is 0 Å². The maximum absolute atomic E-state index is 4.31. The standard InChI is InChI=1S/C17H16N2/c1-14(15-8-4-2-5-9-15)19-13-18-12-17(19)16-10-6-3-7-11-16/h2-14H,1H3/t14-/m0/s1. The van der Waals surface area contributed by atoms with E-state index in [0.717, 1.165) is 5.69 Å². The molecule has 0 radical (unpaired) electrons. The van der Waals surface area contributed by atoms with Gasteiger partial charge in [0.1, 0.15) is 0 Å². The maximum Gasteiger partial charge on any atom is 0.0956 e. The van der Waals surface area contributed by atoms with E-state index in [2.05, 4.69) is 65.0 Å². The van der Waals surface area contributed by atoms with Gasteiger partial charge >= 0.3 is 0 Å². The van der Waals surface area contributed by atoms with Crippen LogP contribution in [0, 0.1) is 0 Å². The van der Waals surface area contributed by atoms with Crippen molar-refractivity contribution in [1.29, 1.82) is 0 Å². The predicted octanol–water partition coefficient (Wildman–Crippen LogP) is 4.16. The molecule has 0 aliphatic rings. The number of rotatable bonds is 3. The van der Waals surface area contributed by atoms with Gasteiger partial charge in [0, 0.05) is 0 Å². The van der Waals surface area contributed by atoms with Crippen LogP contribution in [0.4, 0.5) is 0 Å². The molecule has 0 fully saturated rings. The number of hydrogen-bond donors (Lipinski definition) is 0. The number of imidazole rings is 1. The number of aromatic nitrogens is 2. The van der Waals surface area contributed by atoms with Gasteiger partial charge in [-0.15, -0.1) is 0 Å². The minimum Gasteiger partial charge on any atom is -0.323 e. The van der Waals surface area contributed by atoms with E-state index in [1.165, 1.54) is 11.1 Å². The van der Waals surface area contributed by atoms with Crippen LogP contribution in [-0.4, -0.2) is 9.55 Å². The lowest BCUT2D eigenvalue weighted by Gasteiger charge is -2.17. The zero-order valence-electron chi connectivity index (χ0n) is 10.9. The van der Waals surface area contributed by atoms with Crippen LogP contribution < -0.4 is 0 Å². The summed E-state index contributed by atoms with van der Waals surface area (Å²) in [6, 6.07) is 21.1. The summed E-state index contributed by atoms with van der Waals surface area (Å²) in [7, 11) is 0. The number of nitrogens with zero attached hydrogens (tertiary/aromatic N) is 2. The average Bonchev–Trinajstić information content (AvgIpc) is 2.98. The molecule has 0 saturated carbocycles. The van der Waals surface area contributed by atoms with Crippen molar-refractivity contribution in [1.82, 2.24) is 9.55 Å². The van der Waals surface area contributed by atoms with Crippen molar-refractivity contribution >= 4 is 0 Å². The highest BCUT2D eigenvalue weighted by Gasteiger charge is 2.12. The molecule has 0 spiro atoms. The van der Waals surface area contributed by atoms with E-state index in [-0.39, 0.29) is 6.04 Å². The summed E-state index contributed by atoms with van der Waals surface area (Å²) in [5.74, 6) is 0. The molecule has 0 saturated heterocycles. The van der Waals surface area contributed by atoms with Crippen LogP contribution in [0.5, 0.6) is 0 Å². The van der Waals surface area contributed by atoms with Crippen molar-refractivity contribution in [2.24, 2.45) is 0 Å². The molecule has 1 atom stereocenters. The highest BCUT2D eigenvalue weighted by molar-refractivity contribution is 5.59. The van der Waals surface area contributed by atoms with Crippen LogP contribution in [0.1, 0.15) is 18.5 Å². The van der Waals surface area contributed by atoms with Gasteiger partial charge in [0.2, 0.25) is 0 Å². The molecule has 3 aromatic rings. The Morgan fingerprint density at radius 3 is 2.21 bits per heavy atom. The molecule has 1 heterocycles. The zero-order valence-corrected chi connectivity index (χ0v) is 10.9. The quantitative estimate of drug-likeness (QED) is 0.680. The van der Waals surface area contributed by atoms with E-state index in [1.54, 1.807) is 0 Å². The van der Waals surface area contributed by atoms with Crippen LogP contribution in [0.3, 0.4) is 0 Å². The average molecular weight is 248 g/mol. The van der Waals surface area contributed by atoms with Gasteiger partial charge in [0.25, 0.3) is 0 Å². The highest BCUT2D eigenvalue weighted by atomic mass is 15.1. The van der Waals surface area contributed by atoms with E-state index in [1.807, 2.05) is 24.7 Å². The summed E-state index contributed by atoms with van der Waals surface area (Å²) in [6.07, 6.45) is 3.83. The zero-order chi connectivity index (χ0) is 13.1. The van der Waals surface area contributed by atoms with Gasteiger partial charge in [-0.2, -0.15) is 0 Å². The smallest absolute Gasteiger partial charge is 0.0956 e. The van der Waals surface area contributed by atoms with E-state index >= 15 is 0 Å². The van der Waals surface area contributed by atoms with E-state index in [0.29, 0.717) is 0 Å². The Balaban J connectivity index is 2.01. The van der Waals surface area contributed by atoms with E-state index < -0.39 is 0 Å². The molecule has 1 aromatic heterocycles. The first kappa shape index (κ1) is 11.7. The fourth-order valence-corrected chi connectivity index (χ4v) is 2.34. The molecule has 2 aromatic carbocycles. The van der Waals surface area contributed by atoms with Gasteiger partial charge < -0.3 is 4.57 Å². The predicted molar refractivity (Wildman–Crippen MR) is 77.9 cm³/mol. The van der Waals surface area contributed by atoms with Gasteiger partial charge in [0.15, 0.2) is 0 Å². The molecule has 0 aliphatic carbocycles. The van der Waals surface area contributed by atoms with Crippen molar-refractivity contribution in [2.45, 2.75) is 13.0 Å². The second-order valence-electron chi connectivity index (χ2n) is 4.64. The lowest BCUT2D eigenvalue weighted by atomic mass is 10.1. The van der Waals surface area contributed by atoms with Crippen molar-refractivity contribution < 1.29 is 0 Å². The lowest BCUT2D eigenvalue weighted by molar-refractivity contribution is 0.644. The third-order valence-electron chi connectivity index (χ3n) is 3.43. The SMILES string of the molecule is C[C@@H](c1ccccc1)n1cncc1-c1ccccc1. The van der Waals surface area contributed by atoms with Gasteiger partial charge in [-0.25, -0.2) is 4.98 Å². The summed E-state index contributed by atoms with van der Waals surface area (Å²) < 4.78 is 2.21. The third-order valence-corrected chi connectivity index (χ3v) is 3.43. The second kappa shape index (κ2) is 5.11. The van der Waals surface area contributed by atoms with Crippen molar-refractivity contribution in [2.75, 3.05) is 0 Å². The molecule has 0 unspecified atom stereocenters. The first-order valence-corrected chi connectivity index (χ1v) is 6.48. The van der Waals surface area contributed by atoms with Crippen molar-refractivity contribution in [3.63, 3.8) is 0 Å². The summed E-state index contributed by atoms with van der Waals surface area (Å²) >= 11 is 0. The van der Waals surface area contributed by atoms with Gasteiger partial charge in [-0.3, -0.25) is 0 Å². The minimum absolute atomic E-state index is 0.277. The number of benzene rings is 2. The Bertz CT molecular complexity index is 641.